The van der Waals surface area contributed by atoms with Gasteiger partial charge in [-0.1, -0.05) is 29.0 Å². The van der Waals surface area contributed by atoms with Gasteiger partial charge in [0.2, 0.25) is 0 Å². The minimum absolute atomic E-state index is 0. The van der Waals surface area contributed by atoms with Crippen molar-refractivity contribution < 1.29 is 14.3 Å². The number of hydrogen-bond acceptors (Lipinski definition) is 6. The maximum atomic E-state index is 13.3. The second kappa shape index (κ2) is 12.1. The Bertz CT molecular complexity index is 1320. The molecule has 0 spiro atoms. The van der Waals surface area contributed by atoms with E-state index in [0.717, 1.165) is 34.3 Å². The van der Waals surface area contributed by atoms with Crippen LogP contribution in [0.1, 0.15) is 17.5 Å². The third-order valence-electron chi connectivity index (χ3n) is 5.42. The molecule has 10 heteroatoms. The van der Waals surface area contributed by atoms with E-state index < -0.39 is 0 Å². The van der Waals surface area contributed by atoms with Crippen LogP contribution in [0.4, 0.5) is 5.13 Å². The lowest BCUT2D eigenvalue weighted by atomic mass is 10.2. The second-order valence-electron chi connectivity index (χ2n) is 7.61. The number of amides is 1. The van der Waals surface area contributed by atoms with E-state index >= 15 is 0 Å². The number of ether oxygens (including phenoxy) is 2. The molecule has 0 aliphatic heterocycles. The number of methoxy groups -OCH3 is 2. The average molecular weight is 533 g/mol. The molecule has 2 heterocycles. The fourth-order valence-electron chi connectivity index (χ4n) is 3.55. The SMILES string of the molecule is COc1ccc(/C=C/C(=O)N(CCCn2ccnc2)c2nc3c(C)c(Cl)ccc3s2)cc1OC.Cl. The monoisotopic (exact) mass is 532 g/mol. The van der Waals surface area contributed by atoms with Crippen molar-refractivity contribution in [2.45, 2.75) is 19.9 Å². The summed E-state index contributed by atoms with van der Waals surface area (Å²) in [5, 5.41) is 1.31. The minimum atomic E-state index is -0.150. The number of aromatic nitrogens is 3. The van der Waals surface area contributed by atoms with Crippen molar-refractivity contribution in [2.75, 3.05) is 25.7 Å². The molecule has 0 saturated carbocycles. The maximum absolute atomic E-state index is 13.3. The van der Waals surface area contributed by atoms with Gasteiger partial charge in [-0.15, -0.1) is 12.4 Å². The van der Waals surface area contributed by atoms with E-state index in [0.29, 0.717) is 28.2 Å². The molecule has 0 aliphatic rings. The van der Waals surface area contributed by atoms with Gasteiger partial charge >= 0.3 is 0 Å². The van der Waals surface area contributed by atoms with E-state index in [1.54, 1.807) is 43.8 Å². The number of halogens is 2. The normalized spacial score (nSPS) is 11.0. The molecule has 4 rings (SSSR count). The molecule has 4 aromatic rings. The lowest BCUT2D eigenvalue weighted by Gasteiger charge is -2.18. The van der Waals surface area contributed by atoms with Crippen molar-refractivity contribution in [2.24, 2.45) is 0 Å². The number of carbonyl (C=O) groups is 1. The van der Waals surface area contributed by atoms with Crippen molar-refractivity contribution in [3.8, 4) is 11.5 Å². The number of benzene rings is 2. The summed E-state index contributed by atoms with van der Waals surface area (Å²) in [5.41, 5.74) is 2.56. The highest BCUT2D eigenvalue weighted by Crippen LogP contribution is 2.34. The van der Waals surface area contributed by atoms with Gasteiger partial charge < -0.3 is 14.0 Å². The molecule has 2 aromatic carbocycles. The van der Waals surface area contributed by atoms with Crippen molar-refractivity contribution in [3.63, 3.8) is 0 Å². The molecular weight excluding hydrogens is 507 g/mol. The molecule has 7 nitrogen and oxygen atoms in total. The zero-order valence-electron chi connectivity index (χ0n) is 19.6. The fourth-order valence-corrected chi connectivity index (χ4v) is 4.76. The summed E-state index contributed by atoms with van der Waals surface area (Å²) in [6.07, 6.45) is 9.50. The van der Waals surface area contributed by atoms with E-state index in [-0.39, 0.29) is 18.3 Å². The van der Waals surface area contributed by atoms with Crippen LogP contribution in [0.15, 0.2) is 55.1 Å². The predicted octanol–water partition coefficient (Wildman–Crippen LogP) is 6.03. The standard InChI is InChI=1S/C25H25ClN4O3S.ClH/c1-17-19(26)7-9-22-24(17)28-25(34-22)30(13-4-12-29-14-11-27-16-29)23(31)10-6-18-5-8-20(32-2)21(15-18)33-3;/h5-11,14-16H,4,12-13H2,1-3H3;1H/b10-6+;. The Hall–Kier alpha value is -3.07. The lowest BCUT2D eigenvalue weighted by molar-refractivity contribution is -0.114. The van der Waals surface area contributed by atoms with Gasteiger partial charge in [0, 0.05) is 36.6 Å². The van der Waals surface area contributed by atoms with Crippen LogP contribution in [0, 0.1) is 6.92 Å². The first kappa shape index (κ1) is 26.5. The molecule has 2 aromatic heterocycles. The van der Waals surface area contributed by atoms with Crippen LogP contribution in [0.5, 0.6) is 11.5 Å². The van der Waals surface area contributed by atoms with Gasteiger partial charge in [0.15, 0.2) is 16.6 Å². The first-order valence-electron chi connectivity index (χ1n) is 10.7. The van der Waals surface area contributed by atoms with Crippen LogP contribution in [0.3, 0.4) is 0 Å². The van der Waals surface area contributed by atoms with Gasteiger partial charge in [-0.05, 0) is 54.8 Å². The number of anilines is 1. The molecule has 0 bridgehead atoms. The van der Waals surface area contributed by atoms with Crippen LogP contribution >= 0.6 is 35.3 Å². The Morgan fingerprint density at radius 3 is 2.71 bits per heavy atom. The largest absolute Gasteiger partial charge is 0.493 e. The van der Waals surface area contributed by atoms with Crippen LogP contribution < -0.4 is 14.4 Å². The predicted molar refractivity (Wildman–Crippen MR) is 144 cm³/mol. The topological polar surface area (TPSA) is 69.5 Å². The second-order valence-corrected chi connectivity index (χ2v) is 9.02. The number of imidazole rings is 1. The Morgan fingerprint density at radius 1 is 1.20 bits per heavy atom. The summed E-state index contributed by atoms with van der Waals surface area (Å²) in [7, 11) is 3.17. The van der Waals surface area contributed by atoms with E-state index in [2.05, 4.69) is 4.98 Å². The van der Waals surface area contributed by atoms with Crippen LogP contribution in [-0.4, -0.2) is 41.2 Å². The number of nitrogens with zero attached hydrogens (tertiary/aromatic N) is 4. The molecular formula is C25H26Cl2N4O3S. The van der Waals surface area contributed by atoms with Gasteiger partial charge in [0.25, 0.3) is 5.91 Å². The third-order valence-corrected chi connectivity index (χ3v) is 6.87. The van der Waals surface area contributed by atoms with E-state index in [1.165, 1.54) is 11.3 Å². The zero-order valence-corrected chi connectivity index (χ0v) is 22.0. The Labute approximate surface area is 219 Å². The van der Waals surface area contributed by atoms with Crippen LogP contribution in [-0.2, 0) is 11.3 Å². The molecule has 0 N–H and O–H groups in total. The third kappa shape index (κ3) is 6.14. The molecule has 0 radical (unpaired) electrons. The van der Waals surface area contributed by atoms with Crippen molar-refractivity contribution in [1.82, 2.24) is 14.5 Å². The van der Waals surface area contributed by atoms with E-state index in [4.69, 9.17) is 26.1 Å². The first-order chi connectivity index (χ1) is 16.5. The lowest BCUT2D eigenvalue weighted by Crippen LogP contribution is -2.30. The average Bonchev–Trinajstić information content (AvgIpc) is 3.53. The molecule has 0 aliphatic carbocycles. The van der Waals surface area contributed by atoms with Gasteiger partial charge in [-0.3, -0.25) is 9.69 Å². The number of fused-ring (bicyclic) bond motifs is 1. The number of carbonyl (C=O) groups excluding carboxylic acids is 1. The smallest absolute Gasteiger partial charge is 0.252 e. The zero-order chi connectivity index (χ0) is 24.1. The van der Waals surface area contributed by atoms with Gasteiger partial charge in [-0.2, -0.15) is 0 Å². The Morgan fingerprint density at radius 2 is 2.00 bits per heavy atom. The van der Waals surface area contributed by atoms with E-state index in [1.807, 2.05) is 48.0 Å². The quantitative estimate of drug-likeness (QED) is 0.246. The van der Waals surface area contributed by atoms with Gasteiger partial charge in [-0.25, -0.2) is 9.97 Å². The fraction of sp³-hybridized carbons (Fsp3) is 0.240. The van der Waals surface area contributed by atoms with Crippen molar-refractivity contribution >= 4 is 62.7 Å². The number of hydrogen-bond donors (Lipinski definition) is 0. The van der Waals surface area contributed by atoms with Crippen molar-refractivity contribution in [3.05, 3.63) is 71.3 Å². The summed E-state index contributed by atoms with van der Waals surface area (Å²) < 4.78 is 13.6. The molecule has 35 heavy (non-hydrogen) atoms. The molecule has 1 amide bonds. The molecule has 0 unspecified atom stereocenters. The Kier molecular flexibility index (Phi) is 9.14. The Balaban J connectivity index is 0.00000342. The van der Waals surface area contributed by atoms with Gasteiger partial charge in [0.1, 0.15) is 0 Å². The van der Waals surface area contributed by atoms with Crippen molar-refractivity contribution in [1.29, 1.82) is 0 Å². The highest BCUT2D eigenvalue weighted by Gasteiger charge is 2.19. The minimum Gasteiger partial charge on any atom is -0.493 e. The van der Waals surface area contributed by atoms with Crippen LogP contribution in [0.2, 0.25) is 5.02 Å². The summed E-state index contributed by atoms with van der Waals surface area (Å²) in [6.45, 7) is 3.20. The summed E-state index contributed by atoms with van der Waals surface area (Å²) in [5.74, 6) is 1.09. The van der Waals surface area contributed by atoms with Crippen LogP contribution in [0.25, 0.3) is 16.3 Å². The summed E-state index contributed by atoms with van der Waals surface area (Å²) in [4.78, 5) is 23.9. The molecule has 184 valence electrons. The maximum Gasteiger partial charge on any atom is 0.252 e. The first-order valence-corrected chi connectivity index (χ1v) is 11.9. The summed E-state index contributed by atoms with van der Waals surface area (Å²) in [6, 6.07) is 9.32. The molecule has 0 atom stereocenters. The highest BCUT2D eigenvalue weighted by molar-refractivity contribution is 7.22. The number of thiazole rings is 1. The number of aryl methyl sites for hydroxylation is 2. The highest BCUT2D eigenvalue weighted by atomic mass is 35.5. The van der Waals surface area contributed by atoms with Gasteiger partial charge in [0.05, 0.1) is 30.8 Å². The number of rotatable bonds is 9. The van der Waals surface area contributed by atoms with E-state index in [9.17, 15) is 4.79 Å². The summed E-state index contributed by atoms with van der Waals surface area (Å²) >= 11 is 7.77. The molecule has 0 saturated heterocycles. The molecule has 0 fully saturated rings.